The maximum absolute atomic E-state index is 12.9. The summed E-state index contributed by atoms with van der Waals surface area (Å²) in [6, 6.07) is -1.48. The molecule has 0 aromatic rings. The van der Waals surface area contributed by atoms with Crippen molar-refractivity contribution in [1.82, 2.24) is 16.0 Å². The molecule has 3 amide bonds. The minimum atomic E-state index is -0.557. The monoisotopic (exact) mass is 384 g/mol. The number of carbonyl (C=O) groups is 3. The van der Waals surface area contributed by atoms with Crippen LogP contribution in [-0.4, -0.2) is 41.9 Å². The molecule has 0 spiro atoms. The van der Waals surface area contributed by atoms with Gasteiger partial charge in [-0.15, -0.1) is 0 Å². The molecule has 0 saturated carbocycles. The molecule has 0 radical (unpaired) electrons. The zero-order chi connectivity index (χ0) is 21.4. The number of carbonyl (C=O) groups excluding carboxylic acids is 3. The molecule has 158 valence electrons. The zero-order valence-electron chi connectivity index (χ0n) is 18.4. The van der Waals surface area contributed by atoms with Crippen molar-refractivity contribution in [3.63, 3.8) is 0 Å². The number of ketones is 1. The Morgan fingerprint density at radius 3 is 1.93 bits per heavy atom. The third-order valence-electron chi connectivity index (χ3n) is 4.13. The first kappa shape index (κ1) is 25.4. The van der Waals surface area contributed by atoms with Crippen LogP contribution >= 0.6 is 0 Å². The van der Waals surface area contributed by atoms with Crippen molar-refractivity contribution in [2.45, 2.75) is 92.3 Å². The van der Waals surface area contributed by atoms with Crippen LogP contribution in [0.15, 0.2) is 0 Å². The van der Waals surface area contributed by atoms with Gasteiger partial charge in [-0.1, -0.05) is 34.6 Å². The third kappa shape index (κ3) is 11.0. The number of nitrogens with one attached hydrogen (secondary N) is 3. The number of hydrogen-bond donors (Lipinski definition) is 4. The molecule has 0 saturated heterocycles. The molecule has 5 N–H and O–H groups in total. The van der Waals surface area contributed by atoms with Crippen molar-refractivity contribution in [3.05, 3.63) is 0 Å². The highest BCUT2D eigenvalue weighted by atomic mass is 16.2. The Morgan fingerprint density at radius 2 is 1.52 bits per heavy atom. The fraction of sp³-hybridized carbons (Fsp3) is 0.850. The van der Waals surface area contributed by atoms with Gasteiger partial charge in [0.15, 0.2) is 5.78 Å². The molecule has 7 nitrogen and oxygen atoms in total. The summed E-state index contributed by atoms with van der Waals surface area (Å²) in [5, 5.41) is 8.84. The van der Waals surface area contributed by atoms with Gasteiger partial charge in [0.05, 0.1) is 12.1 Å². The molecule has 7 heteroatoms. The number of primary amides is 1. The molecule has 0 aliphatic carbocycles. The van der Waals surface area contributed by atoms with Crippen LogP contribution in [0.3, 0.4) is 0 Å². The van der Waals surface area contributed by atoms with Crippen molar-refractivity contribution in [2.24, 2.45) is 17.1 Å². The average Bonchev–Trinajstić information content (AvgIpc) is 2.47. The highest BCUT2D eigenvalue weighted by Crippen LogP contribution is 2.20. The Morgan fingerprint density at radius 1 is 0.963 bits per heavy atom. The van der Waals surface area contributed by atoms with Crippen LogP contribution in [0.4, 0.5) is 4.79 Å². The maximum atomic E-state index is 12.9. The second-order valence-electron chi connectivity index (χ2n) is 9.58. The largest absolute Gasteiger partial charge is 0.352 e. The van der Waals surface area contributed by atoms with Gasteiger partial charge in [-0.3, -0.25) is 9.59 Å². The smallest absolute Gasteiger partial charge is 0.312 e. The normalized spacial score (nSPS) is 14.6. The minimum absolute atomic E-state index is 0.0111. The Balaban J connectivity index is 5.07. The SMILES string of the molecule is CC(C)[C@H](NC(C)(C)C)C(=O)N[C@@H](CCCCNC(N)=O)C(=O)C(C)(C)C. The summed E-state index contributed by atoms with van der Waals surface area (Å²) in [4.78, 5) is 36.4. The number of nitrogens with two attached hydrogens (primary N) is 1. The van der Waals surface area contributed by atoms with Crippen LogP contribution in [0.25, 0.3) is 0 Å². The van der Waals surface area contributed by atoms with Crippen molar-refractivity contribution in [1.29, 1.82) is 0 Å². The molecule has 0 aliphatic rings. The van der Waals surface area contributed by atoms with Gasteiger partial charge in [0.25, 0.3) is 0 Å². The van der Waals surface area contributed by atoms with E-state index in [-0.39, 0.29) is 29.2 Å². The van der Waals surface area contributed by atoms with Crippen molar-refractivity contribution >= 4 is 17.7 Å². The number of hydrogen-bond acceptors (Lipinski definition) is 4. The van der Waals surface area contributed by atoms with Crippen LogP contribution in [0.1, 0.15) is 74.7 Å². The molecule has 0 fully saturated rings. The summed E-state index contributed by atoms with van der Waals surface area (Å²) in [5.41, 5.74) is 4.29. The maximum Gasteiger partial charge on any atom is 0.312 e. The van der Waals surface area contributed by atoms with E-state index in [1.807, 2.05) is 55.4 Å². The molecular weight excluding hydrogens is 344 g/mol. The first-order chi connectivity index (χ1) is 12.1. The van der Waals surface area contributed by atoms with Crippen molar-refractivity contribution in [3.8, 4) is 0 Å². The molecule has 0 unspecified atom stereocenters. The summed E-state index contributed by atoms with van der Waals surface area (Å²) >= 11 is 0. The summed E-state index contributed by atoms with van der Waals surface area (Å²) in [6.45, 7) is 16.0. The van der Waals surface area contributed by atoms with Gasteiger partial charge in [0, 0.05) is 17.5 Å². The Kier molecular flexibility index (Phi) is 10.00. The first-order valence-electron chi connectivity index (χ1n) is 9.81. The number of rotatable bonds is 10. The van der Waals surface area contributed by atoms with Crippen molar-refractivity contribution < 1.29 is 14.4 Å². The second kappa shape index (κ2) is 10.6. The van der Waals surface area contributed by atoms with E-state index in [0.29, 0.717) is 25.8 Å². The molecule has 0 rings (SSSR count). The minimum Gasteiger partial charge on any atom is -0.352 e. The fourth-order valence-corrected chi connectivity index (χ4v) is 2.74. The van der Waals surface area contributed by atoms with Gasteiger partial charge in [0.1, 0.15) is 0 Å². The summed E-state index contributed by atoms with van der Waals surface area (Å²) in [7, 11) is 0. The molecule has 0 aromatic heterocycles. The zero-order valence-corrected chi connectivity index (χ0v) is 18.4. The lowest BCUT2D eigenvalue weighted by Crippen LogP contribution is -2.57. The fourth-order valence-electron chi connectivity index (χ4n) is 2.74. The van der Waals surface area contributed by atoms with Crippen molar-refractivity contribution in [2.75, 3.05) is 6.54 Å². The van der Waals surface area contributed by atoms with E-state index in [1.54, 1.807) is 0 Å². The third-order valence-corrected chi connectivity index (χ3v) is 4.13. The lowest BCUT2D eigenvalue weighted by atomic mass is 9.84. The van der Waals surface area contributed by atoms with E-state index in [2.05, 4.69) is 16.0 Å². The van der Waals surface area contributed by atoms with Crippen LogP contribution in [0.2, 0.25) is 0 Å². The molecule has 0 heterocycles. The van der Waals surface area contributed by atoms with Gasteiger partial charge in [-0.05, 0) is 46.0 Å². The topological polar surface area (TPSA) is 113 Å². The van der Waals surface area contributed by atoms with Gasteiger partial charge in [-0.2, -0.15) is 0 Å². The standard InChI is InChI=1S/C20H40N4O3/c1-13(2)15(24-20(6,7)8)17(26)23-14(16(25)19(3,4)5)11-9-10-12-22-18(21)27/h13-15,24H,9-12H2,1-8H3,(H,23,26)(H3,21,22,27)/t14-,15-/m0/s1. The van der Waals surface area contributed by atoms with E-state index in [0.717, 1.165) is 0 Å². The average molecular weight is 385 g/mol. The lowest BCUT2D eigenvalue weighted by Gasteiger charge is -2.32. The van der Waals surface area contributed by atoms with E-state index in [1.165, 1.54) is 0 Å². The summed E-state index contributed by atoms with van der Waals surface area (Å²) in [6.07, 6.45) is 1.93. The number of amides is 3. The van der Waals surface area contributed by atoms with E-state index < -0.39 is 17.5 Å². The Bertz CT molecular complexity index is 504. The van der Waals surface area contributed by atoms with E-state index in [9.17, 15) is 14.4 Å². The highest BCUT2D eigenvalue weighted by molar-refractivity contribution is 5.93. The van der Waals surface area contributed by atoms with Crippen LogP contribution in [0, 0.1) is 11.3 Å². The van der Waals surface area contributed by atoms with Gasteiger partial charge in [-0.25, -0.2) is 4.79 Å². The molecule has 27 heavy (non-hydrogen) atoms. The number of urea groups is 1. The summed E-state index contributed by atoms with van der Waals surface area (Å²) in [5.74, 6) is -0.0517. The van der Waals surface area contributed by atoms with E-state index in [4.69, 9.17) is 5.73 Å². The lowest BCUT2D eigenvalue weighted by molar-refractivity contribution is -0.134. The second-order valence-corrected chi connectivity index (χ2v) is 9.58. The highest BCUT2D eigenvalue weighted by Gasteiger charge is 2.33. The predicted octanol–water partition coefficient (Wildman–Crippen LogP) is 2.34. The van der Waals surface area contributed by atoms with Crippen LogP contribution in [0.5, 0.6) is 0 Å². The van der Waals surface area contributed by atoms with Crippen LogP contribution < -0.4 is 21.7 Å². The number of unbranched alkanes of at least 4 members (excludes halogenated alkanes) is 1. The molecule has 0 bridgehead atoms. The molecular formula is C20H40N4O3. The molecule has 0 aromatic carbocycles. The molecule has 0 aliphatic heterocycles. The quantitative estimate of drug-likeness (QED) is 0.433. The molecule has 2 atom stereocenters. The summed E-state index contributed by atoms with van der Waals surface area (Å²) < 4.78 is 0. The van der Waals surface area contributed by atoms with Gasteiger partial charge >= 0.3 is 6.03 Å². The predicted molar refractivity (Wildman–Crippen MR) is 109 cm³/mol. The van der Waals surface area contributed by atoms with Gasteiger partial charge in [0.2, 0.25) is 5.91 Å². The Hall–Kier alpha value is -1.63. The number of Topliss-reactive ketones (excluding diaryl/α,β-unsaturated/α-hetero) is 1. The first-order valence-corrected chi connectivity index (χ1v) is 9.81. The van der Waals surface area contributed by atoms with Crippen LogP contribution in [-0.2, 0) is 9.59 Å². The Labute approximate surface area is 164 Å². The van der Waals surface area contributed by atoms with E-state index >= 15 is 0 Å². The van der Waals surface area contributed by atoms with Gasteiger partial charge < -0.3 is 21.7 Å².